The number of imidazole rings is 1. The van der Waals surface area contributed by atoms with Crippen molar-refractivity contribution in [1.82, 2.24) is 19.5 Å². The minimum atomic E-state index is -3.84. The maximum atomic E-state index is 13.4. The zero-order valence-electron chi connectivity index (χ0n) is 18.5. The molecule has 0 saturated carbocycles. The van der Waals surface area contributed by atoms with Crippen LogP contribution < -0.4 is 15.4 Å². The molecule has 0 radical (unpaired) electrons. The van der Waals surface area contributed by atoms with Gasteiger partial charge in [-0.05, 0) is 24.6 Å². The first kappa shape index (κ1) is 22.3. The molecule has 10 nitrogen and oxygen atoms in total. The van der Waals surface area contributed by atoms with E-state index in [9.17, 15) is 8.42 Å². The lowest BCUT2D eigenvalue weighted by atomic mass is 10.2. The number of rotatable bonds is 7. The van der Waals surface area contributed by atoms with Gasteiger partial charge >= 0.3 is 0 Å². The fraction of sp³-hybridized carbons (Fsp3) is 0.476. The third-order valence-corrected chi connectivity index (χ3v) is 6.96. The number of sulfone groups is 1. The summed E-state index contributed by atoms with van der Waals surface area (Å²) in [4.78, 5) is 15.8. The summed E-state index contributed by atoms with van der Waals surface area (Å²) in [5.74, 6) is 1.62. The van der Waals surface area contributed by atoms with Gasteiger partial charge in [-0.25, -0.2) is 13.4 Å². The molecule has 2 aromatic heterocycles. The summed E-state index contributed by atoms with van der Waals surface area (Å²) >= 11 is 0. The molecule has 0 aliphatic carbocycles. The second-order valence-electron chi connectivity index (χ2n) is 7.56. The molecule has 0 amide bonds. The smallest absolute Gasteiger partial charge is 0.251 e. The Morgan fingerprint density at radius 1 is 1.16 bits per heavy atom. The molecule has 0 spiro atoms. The monoisotopic (exact) mass is 460 g/mol. The number of aromatic nitrogens is 4. The molecule has 1 aliphatic rings. The van der Waals surface area contributed by atoms with Gasteiger partial charge in [0.2, 0.25) is 9.84 Å². The van der Waals surface area contributed by atoms with Crippen molar-refractivity contribution in [3.63, 3.8) is 0 Å². The number of nitrogens with zero attached hydrogens (tertiary/aromatic N) is 5. The van der Waals surface area contributed by atoms with E-state index in [1.54, 1.807) is 18.2 Å². The van der Waals surface area contributed by atoms with Crippen molar-refractivity contribution in [2.24, 2.45) is 0 Å². The predicted molar refractivity (Wildman–Crippen MR) is 122 cm³/mol. The van der Waals surface area contributed by atoms with Crippen LogP contribution in [0.15, 0.2) is 23.4 Å². The van der Waals surface area contributed by atoms with E-state index in [0.29, 0.717) is 73.3 Å². The van der Waals surface area contributed by atoms with Gasteiger partial charge in [-0.3, -0.25) is 0 Å². The van der Waals surface area contributed by atoms with Crippen LogP contribution in [0, 0.1) is 0 Å². The first-order valence-electron chi connectivity index (χ1n) is 10.6. The van der Waals surface area contributed by atoms with Crippen LogP contribution in [-0.4, -0.2) is 61.3 Å². The Hall–Kier alpha value is -2.92. The first-order valence-corrected chi connectivity index (χ1v) is 12.3. The second kappa shape index (κ2) is 8.91. The topological polar surface area (TPSA) is 125 Å². The molecule has 172 valence electrons. The van der Waals surface area contributed by atoms with Crippen LogP contribution in [0.2, 0.25) is 0 Å². The number of aryl methyl sites for hydroxylation is 2. The zero-order chi connectivity index (χ0) is 22.9. The number of nitrogen functional groups attached to an aromatic ring is 1. The van der Waals surface area contributed by atoms with Crippen LogP contribution in [0.1, 0.15) is 25.2 Å². The standard InChI is InChI=1S/C21H28N6O4S/c1-4-17-23-18-19(26-8-10-31-11-9-26)24-21(25-20(18)27(17)5-2)32(28,29)13-14-6-7-16(30-3)15(22)12-14/h6-7,12H,4-5,8-11,13,22H2,1-3H3. The van der Waals surface area contributed by atoms with Crippen molar-refractivity contribution in [2.75, 3.05) is 44.0 Å². The van der Waals surface area contributed by atoms with Crippen molar-refractivity contribution in [3.05, 3.63) is 29.6 Å². The SMILES string of the molecule is CCc1nc2c(N3CCOCC3)nc(S(=O)(=O)Cc3ccc(OC)c(N)c3)nc2n1CC. The fourth-order valence-corrected chi connectivity index (χ4v) is 5.11. The van der Waals surface area contributed by atoms with E-state index in [1.165, 1.54) is 7.11 Å². The maximum Gasteiger partial charge on any atom is 0.251 e. The van der Waals surface area contributed by atoms with Crippen molar-refractivity contribution < 1.29 is 17.9 Å². The number of ether oxygens (including phenoxy) is 2. The van der Waals surface area contributed by atoms with Crippen LogP contribution in [0.4, 0.5) is 11.5 Å². The fourth-order valence-electron chi connectivity index (χ4n) is 3.91. The Morgan fingerprint density at radius 3 is 2.53 bits per heavy atom. The van der Waals surface area contributed by atoms with E-state index in [4.69, 9.17) is 20.2 Å². The molecule has 2 N–H and O–H groups in total. The van der Waals surface area contributed by atoms with Crippen molar-refractivity contribution in [2.45, 2.75) is 37.7 Å². The summed E-state index contributed by atoms with van der Waals surface area (Å²) in [6.45, 7) is 6.96. The van der Waals surface area contributed by atoms with Crippen molar-refractivity contribution >= 4 is 32.5 Å². The number of benzene rings is 1. The van der Waals surface area contributed by atoms with E-state index < -0.39 is 9.84 Å². The molecule has 1 saturated heterocycles. The van der Waals surface area contributed by atoms with E-state index in [2.05, 4.69) is 9.97 Å². The van der Waals surface area contributed by atoms with Gasteiger partial charge in [0.1, 0.15) is 11.6 Å². The number of methoxy groups -OCH3 is 1. The van der Waals surface area contributed by atoms with E-state index in [1.807, 2.05) is 23.3 Å². The lowest BCUT2D eigenvalue weighted by molar-refractivity contribution is 0.122. The van der Waals surface area contributed by atoms with Gasteiger partial charge in [0, 0.05) is 26.1 Å². The maximum absolute atomic E-state index is 13.4. The number of hydrogen-bond donors (Lipinski definition) is 1. The molecule has 1 fully saturated rings. The van der Waals surface area contributed by atoms with Gasteiger partial charge in [-0.1, -0.05) is 13.0 Å². The van der Waals surface area contributed by atoms with Gasteiger partial charge in [-0.15, -0.1) is 0 Å². The number of hydrogen-bond acceptors (Lipinski definition) is 9. The highest BCUT2D eigenvalue weighted by Gasteiger charge is 2.27. The van der Waals surface area contributed by atoms with Crippen molar-refractivity contribution in [1.29, 1.82) is 0 Å². The predicted octanol–water partition coefficient (Wildman–Crippen LogP) is 1.81. The third-order valence-electron chi connectivity index (χ3n) is 5.51. The van der Waals surface area contributed by atoms with Gasteiger partial charge < -0.3 is 24.7 Å². The summed E-state index contributed by atoms with van der Waals surface area (Å²) < 4.78 is 39.3. The highest BCUT2D eigenvalue weighted by molar-refractivity contribution is 7.90. The van der Waals surface area contributed by atoms with Gasteiger partial charge in [0.05, 0.1) is 31.8 Å². The van der Waals surface area contributed by atoms with E-state index in [0.717, 1.165) is 5.82 Å². The first-order chi connectivity index (χ1) is 15.4. The Labute approximate surface area is 187 Å². The lowest BCUT2D eigenvalue weighted by Gasteiger charge is -2.28. The van der Waals surface area contributed by atoms with Crippen LogP contribution in [0.25, 0.3) is 11.2 Å². The minimum Gasteiger partial charge on any atom is -0.495 e. The summed E-state index contributed by atoms with van der Waals surface area (Å²) in [5.41, 5.74) is 8.04. The van der Waals surface area contributed by atoms with Crippen LogP contribution in [0.5, 0.6) is 5.75 Å². The molecule has 0 bridgehead atoms. The third kappa shape index (κ3) is 4.09. The molecular weight excluding hydrogens is 432 g/mol. The molecule has 0 atom stereocenters. The largest absolute Gasteiger partial charge is 0.495 e. The lowest BCUT2D eigenvalue weighted by Crippen LogP contribution is -2.37. The van der Waals surface area contributed by atoms with Gasteiger partial charge in [-0.2, -0.15) is 9.97 Å². The van der Waals surface area contributed by atoms with E-state index >= 15 is 0 Å². The van der Waals surface area contributed by atoms with E-state index in [-0.39, 0.29) is 10.9 Å². The number of fused-ring (bicyclic) bond motifs is 1. The van der Waals surface area contributed by atoms with Crippen LogP contribution in [0.3, 0.4) is 0 Å². The average molecular weight is 461 g/mol. The summed E-state index contributed by atoms with van der Waals surface area (Å²) in [6.07, 6.45) is 0.708. The number of nitrogens with two attached hydrogens (primary N) is 1. The number of morpholine rings is 1. The molecule has 11 heteroatoms. The molecule has 4 rings (SSSR count). The minimum absolute atomic E-state index is 0.210. The molecule has 3 aromatic rings. The quantitative estimate of drug-likeness (QED) is 0.415. The molecule has 32 heavy (non-hydrogen) atoms. The molecular formula is C21H28N6O4S. The molecule has 1 aliphatic heterocycles. The summed E-state index contributed by atoms with van der Waals surface area (Å²) in [6, 6.07) is 4.94. The Bertz CT molecular complexity index is 1230. The average Bonchev–Trinajstić information content (AvgIpc) is 3.16. The Kier molecular flexibility index (Phi) is 6.20. The molecule has 1 aromatic carbocycles. The normalized spacial score (nSPS) is 14.8. The Balaban J connectivity index is 1.82. The zero-order valence-corrected chi connectivity index (χ0v) is 19.4. The second-order valence-corrected chi connectivity index (χ2v) is 9.45. The summed E-state index contributed by atoms with van der Waals surface area (Å²) in [5, 5.41) is -0.210. The number of anilines is 2. The van der Waals surface area contributed by atoms with Gasteiger partial charge in [0.25, 0.3) is 5.16 Å². The highest BCUT2D eigenvalue weighted by Crippen LogP contribution is 2.29. The highest BCUT2D eigenvalue weighted by atomic mass is 32.2. The molecule has 0 unspecified atom stereocenters. The van der Waals surface area contributed by atoms with Crippen molar-refractivity contribution in [3.8, 4) is 5.75 Å². The molecule has 3 heterocycles. The van der Waals surface area contributed by atoms with Gasteiger partial charge in [0.15, 0.2) is 17.0 Å². The Morgan fingerprint density at radius 2 is 1.91 bits per heavy atom. The van der Waals surface area contributed by atoms with Crippen LogP contribution >= 0.6 is 0 Å². The van der Waals surface area contributed by atoms with Crippen LogP contribution in [-0.2, 0) is 33.3 Å². The summed E-state index contributed by atoms with van der Waals surface area (Å²) in [7, 11) is -2.33.